The maximum atomic E-state index is 9.32. The average molecular weight is 390 g/mol. The minimum absolute atomic E-state index is 0.206. The summed E-state index contributed by atoms with van der Waals surface area (Å²) in [7, 11) is -1.49. The molecule has 1 unspecified atom stereocenters. The molecule has 2 aromatic carbocycles. The number of fused-ring (bicyclic) bond motifs is 1. The Morgan fingerprint density at radius 3 is 2.86 bits per heavy atom. The number of rotatable bonds is 6. The summed E-state index contributed by atoms with van der Waals surface area (Å²) in [6.07, 6.45) is 2.46. The number of benzene rings is 2. The third kappa shape index (κ3) is 3.93. The molecule has 0 amide bonds. The first kappa shape index (κ1) is 19.3. The summed E-state index contributed by atoms with van der Waals surface area (Å²) in [5.74, 6) is 1.13. The van der Waals surface area contributed by atoms with Crippen LogP contribution in [-0.2, 0) is 19.5 Å². The van der Waals surface area contributed by atoms with Gasteiger partial charge in [-0.05, 0) is 41.6 Å². The molecule has 0 bridgehead atoms. The van der Waals surface area contributed by atoms with Gasteiger partial charge in [-0.2, -0.15) is 10.1 Å². The molecule has 0 fully saturated rings. The van der Waals surface area contributed by atoms with E-state index in [1.807, 2.05) is 12.1 Å². The van der Waals surface area contributed by atoms with Crippen molar-refractivity contribution in [3.8, 4) is 0 Å². The van der Waals surface area contributed by atoms with Crippen LogP contribution in [0.2, 0.25) is 0 Å². The number of nitrogens with one attached hydrogen (secondary N) is 1. The Morgan fingerprint density at radius 2 is 2.07 bits per heavy atom. The second-order valence-corrected chi connectivity index (χ2v) is 7.16. The van der Waals surface area contributed by atoms with E-state index in [0.717, 1.165) is 23.2 Å². The predicted molar refractivity (Wildman–Crippen MR) is 113 cm³/mol. The molecule has 3 aromatic rings. The lowest BCUT2D eigenvalue weighted by Gasteiger charge is -2.22. The van der Waals surface area contributed by atoms with Crippen molar-refractivity contribution in [3.63, 3.8) is 0 Å². The Hall–Kier alpha value is -3.01. The van der Waals surface area contributed by atoms with Gasteiger partial charge in [0, 0.05) is 24.8 Å². The molecular formula is C20H23BN6O2. The summed E-state index contributed by atoms with van der Waals surface area (Å²) in [5, 5.41) is 30.2. The van der Waals surface area contributed by atoms with E-state index in [4.69, 9.17) is 5.73 Å². The van der Waals surface area contributed by atoms with Crippen LogP contribution < -0.4 is 21.4 Å². The number of nitrogens with zero attached hydrogens (tertiary/aromatic N) is 4. The van der Waals surface area contributed by atoms with Gasteiger partial charge in [-0.15, -0.1) is 5.10 Å². The zero-order valence-corrected chi connectivity index (χ0v) is 16.2. The molecule has 5 N–H and O–H groups in total. The van der Waals surface area contributed by atoms with Gasteiger partial charge in [0.25, 0.3) is 5.95 Å². The van der Waals surface area contributed by atoms with E-state index in [0.29, 0.717) is 30.3 Å². The summed E-state index contributed by atoms with van der Waals surface area (Å²) in [4.78, 5) is 6.74. The Kier molecular flexibility index (Phi) is 5.44. The van der Waals surface area contributed by atoms with Gasteiger partial charge >= 0.3 is 7.12 Å². The molecule has 0 saturated heterocycles. The quantitative estimate of drug-likeness (QED) is 0.454. The summed E-state index contributed by atoms with van der Waals surface area (Å²) >= 11 is 0. The van der Waals surface area contributed by atoms with E-state index in [1.165, 1.54) is 5.56 Å². The highest BCUT2D eigenvalue weighted by atomic mass is 16.4. The van der Waals surface area contributed by atoms with Crippen LogP contribution in [0.15, 0.2) is 48.7 Å². The number of hydrogen-bond donors (Lipinski definition) is 4. The molecule has 9 heteroatoms. The highest BCUT2D eigenvalue weighted by molar-refractivity contribution is 6.58. The number of hydrogen-bond acceptors (Lipinski definition) is 8. The van der Waals surface area contributed by atoms with Gasteiger partial charge in [-0.25, -0.2) is 0 Å². The second kappa shape index (κ2) is 8.16. The standard InChI is InChI=1S/C20H23BN6O2/c1-13-8-17-15(10-22)5-3-7-18(17)27(13)20-25-19(12-24-26-20)23-11-14-4-2-6-16(9-14)21(28)29/h2-7,9,12-13,28-29H,8,10-11,22H2,1H3,(H,23,25,26). The van der Waals surface area contributed by atoms with Gasteiger partial charge in [0.1, 0.15) is 0 Å². The van der Waals surface area contributed by atoms with Gasteiger partial charge in [-0.3, -0.25) is 0 Å². The fourth-order valence-electron chi connectivity index (χ4n) is 3.74. The molecule has 1 aliphatic heterocycles. The molecule has 0 spiro atoms. The lowest BCUT2D eigenvalue weighted by atomic mass is 9.80. The smallest absolute Gasteiger partial charge is 0.423 e. The number of aromatic nitrogens is 3. The van der Waals surface area contributed by atoms with Gasteiger partial charge in [0.2, 0.25) is 0 Å². The first-order chi connectivity index (χ1) is 14.1. The molecule has 1 aromatic heterocycles. The summed E-state index contributed by atoms with van der Waals surface area (Å²) in [6, 6.07) is 13.4. The van der Waals surface area contributed by atoms with E-state index in [2.05, 4.69) is 44.5 Å². The summed E-state index contributed by atoms with van der Waals surface area (Å²) in [6.45, 7) is 3.11. The Bertz CT molecular complexity index is 1020. The third-order valence-electron chi connectivity index (χ3n) is 5.15. The van der Waals surface area contributed by atoms with Gasteiger partial charge in [0.15, 0.2) is 5.82 Å². The SMILES string of the molecule is CC1Cc2c(CN)cccc2N1c1nncc(NCc2cccc(B(O)O)c2)n1. The van der Waals surface area contributed by atoms with E-state index < -0.39 is 7.12 Å². The van der Waals surface area contributed by atoms with Gasteiger partial charge < -0.3 is 26.0 Å². The van der Waals surface area contributed by atoms with Crippen LogP contribution in [0.25, 0.3) is 0 Å². The van der Waals surface area contributed by atoms with E-state index >= 15 is 0 Å². The first-order valence-corrected chi connectivity index (χ1v) is 9.55. The van der Waals surface area contributed by atoms with Crippen molar-refractivity contribution in [2.24, 2.45) is 5.73 Å². The highest BCUT2D eigenvalue weighted by Gasteiger charge is 2.30. The lowest BCUT2D eigenvalue weighted by Crippen LogP contribution is -2.30. The molecule has 8 nitrogen and oxygen atoms in total. The van der Waals surface area contributed by atoms with Crippen molar-refractivity contribution < 1.29 is 10.0 Å². The van der Waals surface area contributed by atoms with Crippen molar-refractivity contribution in [2.45, 2.75) is 32.5 Å². The van der Waals surface area contributed by atoms with Crippen LogP contribution in [0, 0.1) is 0 Å². The molecule has 4 rings (SSSR count). The van der Waals surface area contributed by atoms with Gasteiger partial charge in [-0.1, -0.05) is 36.4 Å². The fourth-order valence-corrected chi connectivity index (χ4v) is 3.74. The van der Waals surface area contributed by atoms with Crippen LogP contribution >= 0.6 is 0 Å². The predicted octanol–water partition coefficient (Wildman–Crippen LogP) is 0.705. The van der Waals surface area contributed by atoms with E-state index in [1.54, 1.807) is 24.4 Å². The Balaban J connectivity index is 1.55. The van der Waals surface area contributed by atoms with Crippen LogP contribution in [0.5, 0.6) is 0 Å². The van der Waals surface area contributed by atoms with Crippen LogP contribution in [0.3, 0.4) is 0 Å². The topological polar surface area (TPSA) is 120 Å². The van der Waals surface area contributed by atoms with Crippen molar-refractivity contribution in [3.05, 3.63) is 65.4 Å². The minimum Gasteiger partial charge on any atom is -0.423 e. The molecule has 1 aliphatic rings. The highest BCUT2D eigenvalue weighted by Crippen LogP contribution is 2.38. The molecule has 29 heavy (non-hydrogen) atoms. The molecule has 0 saturated carbocycles. The van der Waals surface area contributed by atoms with Crippen molar-refractivity contribution in [1.82, 2.24) is 15.2 Å². The lowest BCUT2D eigenvalue weighted by molar-refractivity contribution is 0.425. The zero-order chi connectivity index (χ0) is 20.4. The maximum Gasteiger partial charge on any atom is 0.488 e. The molecule has 1 atom stereocenters. The van der Waals surface area contributed by atoms with Gasteiger partial charge in [0.05, 0.1) is 6.20 Å². The summed E-state index contributed by atoms with van der Waals surface area (Å²) in [5.41, 5.74) is 10.7. The normalized spacial score (nSPS) is 15.3. The van der Waals surface area contributed by atoms with Crippen LogP contribution in [0.1, 0.15) is 23.6 Å². The third-order valence-corrected chi connectivity index (χ3v) is 5.15. The largest absolute Gasteiger partial charge is 0.488 e. The minimum atomic E-state index is -1.49. The van der Waals surface area contributed by atoms with Crippen molar-refractivity contribution >= 4 is 30.0 Å². The van der Waals surface area contributed by atoms with Crippen molar-refractivity contribution in [2.75, 3.05) is 10.2 Å². The second-order valence-electron chi connectivity index (χ2n) is 7.16. The molecule has 148 valence electrons. The maximum absolute atomic E-state index is 9.32. The van der Waals surface area contributed by atoms with Crippen LogP contribution in [0.4, 0.5) is 17.5 Å². The Labute approximate surface area is 169 Å². The van der Waals surface area contributed by atoms with Crippen LogP contribution in [-0.4, -0.2) is 38.4 Å². The molecular weight excluding hydrogens is 367 g/mol. The monoisotopic (exact) mass is 390 g/mol. The number of nitrogens with two attached hydrogens (primary N) is 1. The van der Waals surface area contributed by atoms with Crippen molar-refractivity contribution in [1.29, 1.82) is 0 Å². The van der Waals surface area contributed by atoms with E-state index in [-0.39, 0.29) is 6.04 Å². The van der Waals surface area contributed by atoms with E-state index in [9.17, 15) is 10.0 Å². The fraction of sp³-hybridized carbons (Fsp3) is 0.250. The average Bonchev–Trinajstić information content (AvgIpc) is 3.08. The zero-order valence-electron chi connectivity index (χ0n) is 16.2. The Morgan fingerprint density at radius 1 is 1.24 bits per heavy atom. The number of anilines is 3. The molecule has 2 heterocycles. The summed E-state index contributed by atoms with van der Waals surface area (Å²) < 4.78 is 0. The molecule has 0 radical (unpaired) electrons. The molecule has 0 aliphatic carbocycles. The first-order valence-electron chi connectivity index (χ1n) is 9.55.